The minimum atomic E-state index is -1.08. The van der Waals surface area contributed by atoms with Crippen molar-refractivity contribution in [2.24, 2.45) is 0 Å². The number of hydrogen-bond acceptors (Lipinski definition) is 6. The Morgan fingerprint density at radius 1 is 1.29 bits per heavy atom. The van der Waals surface area contributed by atoms with E-state index < -0.39 is 11.9 Å². The number of carbonyl (C=O) groups is 1. The van der Waals surface area contributed by atoms with Crippen molar-refractivity contribution in [1.29, 1.82) is 0 Å². The van der Waals surface area contributed by atoms with Crippen molar-refractivity contribution in [1.82, 2.24) is 15.3 Å². The lowest BCUT2D eigenvalue weighted by Gasteiger charge is -2.20. The van der Waals surface area contributed by atoms with Gasteiger partial charge in [0.15, 0.2) is 11.6 Å². The first-order chi connectivity index (χ1) is 13.5. The number of likely N-dealkylation sites (N-methyl/N-ethyl adjacent to an activating group) is 1. The zero-order valence-electron chi connectivity index (χ0n) is 14.8. The quantitative estimate of drug-likeness (QED) is 0.575. The average molecular weight is 402 g/mol. The summed E-state index contributed by atoms with van der Waals surface area (Å²) in [5.41, 5.74) is 1.34. The van der Waals surface area contributed by atoms with Gasteiger partial charge in [-0.3, -0.25) is 4.79 Å². The Kier molecular flexibility index (Phi) is 6.03. The summed E-state index contributed by atoms with van der Waals surface area (Å²) in [5, 5.41) is 19.1. The number of allylic oxidation sites excluding steroid dienone is 2. The summed E-state index contributed by atoms with van der Waals surface area (Å²) in [6.45, 7) is 0. The molecule has 2 aromatic rings. The number of aromatic nitrogens is 2. The van der Waals surface area contributed by atoms with Gasteiger partial charge in [-0.2, -0.15) is 4.98 Å². The van der Waals surface area contributed by atoms with Crippen molar-refractivity contribution in [3.8, 4) is 0 Å². The highest BCUT2D eigenvalue weighted by atomic mass is 35.5. The molecule has 0 fully saturated rings. The van der Waals surface area contributed by atoms with E-state index in [9.17, 15) is 14.3 Å². The number of hydrogen-bond donors (Lipinski definition) is 4. The highest BCUT2D eigenvalue weighted by Gasteiger charge is 2.19. The molecule has 1 aromatic carbocycles. The minimum absolute atomic E-state index is 0.0395. The van der Waals surface area contributed by atoms with E-state index in [-0.39, 0.29) is 17.7 Å². The summed E-state index contributed by atoms with van der Waals surface area (Å²) in [5.74, 6) is -0.939. The number of benzene rings is 1. The monoisotopic (exact) mass is 401 g/mol. The first-order valence-electron chi connectivity index (χ1n) is 8.28. The SMILES string of the molecule is CNC(=O)C=C1C=CC=C(Nc2ncc(F)c(Nc3ccc(Cl)cc3)n2)C1O. The maximum Gasteiger partial charge on any atom is 0.244 e. The lowest BCUT2D eigenvalue weighted by atomic mass is 10.0. The van der Waals surface area contributed by atoms with Crippen LogP contribution in [0, 0.1) is 5.82 Å². The molecule has 1 heterocycles. The third-order valence-electron chi connectivity index (χ3n) is 3.83. The molecule has 0 bridgehead atoms. The maximum absolute atomic E-state index is 14.1. The Morgan fingerprint density at radius 3 is 2.75 bits per heavy atom. The van der Waals surface area contributed by atoms with E-state index >= 15 is 0 Å². The molecule has 9 heteroatoms. The first kappa shape index (κ1) is 19.5. The smallest absolute Gasteiger partial charge is 0.244 e. The van der Waals surface area contributed by atoms with Gasteiger partial charge in [-0.1, -0.05) is 23.8 Å². The maximum atomic E-state index is 14.1. The second-order valence-electron chi connectivity index (χ2n) is 5.79. The number of aliphatic hydroxyl groups excluding tert-OH is 1. The zero-order valence-corrected chi connectivity index (χ0v) is 15.5. The Balaban J connectivity index is 1.78. The van der Waals surface area contributed by atoms with Crippen LogP contribution in [0.25, 0.3) is 0 Å². The van der Waals surface area contributed by atoms with Crippen LogP contribution in [0.2, 0.25) is 5.02 Å². The van der Waals surface area contributed by atoms with E-state index in [1.165, 1.54) is 13.1 Å². The summed E-state index contributed by atoms with van der Waals surface area (Å²) in [6, 6.07) is 6.70. The minimum Gasteiger partial charge on any atom is -0.382 e. The third kappa shape index (κ3) is 4.73. The van der Waals surface area contributed by atoms with Crippen LogP contribution in [-0.2, 0) is 4.79 Å². The van der Waals surface area contributed by atoms with E-state index in [1.807, 2.05) is 0 Å². The number of anilines is 3. The van der Waals surface area contributed by atoms with Gasteiger partial charge >= 0.3 is 0 Å². The molecule has 4 N–H and O–H groups in total. The largest absolute Gasteiger partial charge is 0.382 e. The fraction of sp³-hybridized carbons (Fsp3) is 0.105. The van der Waals surface area contributed by atoms with Crippen molar-refractivity contribution in [3.05, 3.63) is 76.9 Å². The Morgan fingerprint density at radius 2 is 2.04 bits per heavy atom. The van der Waals surface area contributed by atoms with Crippen molar-refractivity contribution >= 4 is 35.0 Å². The number of nitrogens with one attached hydrogen (secondary N) is 3. The highest BCUT2D eigenvalue weighted by Crippen LogP contribution is 2.23. The highest BCUT2D eigenvalue weighted by molar-refractivity contribution is 6.30. The summed E-state index contributed by atoms with van der Waals surface area (Å²) < 4.78 is 14.1. The number of halogens is 2. The van der Waals surface area contributed by atoms with Crippen LogP contribution in [0.4, 0.5) is 21.8 Å². The molecule has 28 heavy (non-hydrogen) atoms. The van der Waals surface area contributed by atoms with Crippen LogP contribution >= 0.6 is 11.6 Å². The molecule has 144 valence electrons. The van der Waals surface area contributed by atoms with Crippen molar-refractivity contribution in [2.75, 3.05) is 17.7 Å². The number of carbonyl (C=O) groups excluding carboxylic acids is 1. The van der Waals surface area contributed by atoms with Crippen molar-refractivity contribution < 1.29 is 14.3 Å². The second-order valence-corrected chi connectivity index (χ2v) is 6.23. The molecule has 3 rings (SSSR count). The van der Waals surface area contributed by atoms with Crippen LogP contribution < -0.4 is 16.0 Å². The topological polar surface area (TPSA) is 99.2 Å². The molecule has 1 atom stereocenters. The molecule has 0 saturated heterocycles. The second kappa shape index (κ2) is 8.64. The van der Waals surface area contributed by atoms with Crippen molar-refractivity contribution in [2.45, 2.75) is 6.10 Å². The number of amides is 1. The Hall–Kier alpha value is -3.23. The molecule has 0 radical (unpaired) electrons. The van der Waals surface area contributed by atoms with Crippen LogP contribution in [-0.4, -0.2) is 34.1 Å². The van der Waals surface area contributed by atoms with Gasteiger partial charge in [0.2, 0.25) is 11.9 Å². The summed E-state index contributed by atoms with van der Waals surface area (Å²) >= 11 is 5.84. The lowest BCUT2D eigenvalue weighted by Crippen LogP contribution is -2.24. The van der Waals surface area contributed by atoms with Gasteiger partial charge < -0.3 is 21.1 Å². The van der Waals surface area contributed by atoms with Gasteiger partial charge in [-0.05, 0) is 35.9 Å². The van der Waals surface area contributed by atoms with Gasteiger partial charge in [-0.25, -0.2) is 9.37 Å². The van der Waals surface area contributed by atoms with Crippen LogP contribution in [0.3, 0.4) is 0 Å². The molecule has 1 aromatic heterocycles. The summed E-state index contributed by atoms with van der Waals surface area (Å²) in [7, 11) is 1.49. The molecule has 1 aliphatic rings. The van der Waals surface area contributed by atoms with Crippen LogP contribution in [0.1, 0.15) is 0 Å². The third-order valence-corrected chi connectivity index (χ3v) is 4.08. The van der Waals surface area contributed by atoms with Gasteiger partial charge in [0.1, 0.15) is 6.10 Å². The molecular formula is C19H17ClFN5O2. The average Bonchev–Trinajstić information content (AvgIpc) is 2.69. The van der Waals surface area contributed by atoms with Crippen LogP contribution in [0.15, 0.2) is 66.0 Å². The van der Waals surface area contributed by atoms with Gasteiger partial charge in [0, 0.05) is 23.8 Å². The van der Waals surface area contributed by atoms with Gasteiger partial charge in [-0.15, -0.1) is 0 Å². The van der Waals surface area contributed by atoms with Crippen molar-refractivity contribution in [3.63, 3.8) is 0 Å². The fourth-order valence-electron chi connectivity index (χ4n) is 2.40. The first-order valence-corrected chi connectivity index (χ1v) is 8.66. The molecule has 0 spiro atoms. The molecule has 0 aliphatic heterocycles. The molecule has 1 unspecified atom stereocenters. The predicted octanol–water partition coefficient (Wildman–Crippen LogP) is 2.91. The summed E-state index contributed by atoms with van der Waals surface area (Å²) in [4.78, 5) is 19.5. The Labute approximate surface area is 165 Å². The molecule has 1 amide bonds. The number of rotatable bonds is 5. The molecular weight excluding hydrogens is 385 g/mol. The number of aliphatic hydroxyl groups is 1. The number of nitrogens with zero attached hydrogens (tertiary/aromatic N) is 2. The standard InChI is InChI=1S/C19H17ClFN5O2/c1-22-16(27)9-11-3-2-4-15(17(11)28)25-19-23-10-14(21)18(26-19)24-13-7-5-12(20)6-8-13/h2-10,17,28H,1H3,(H,22,27)(H2,23,24,25,26). The van der Waals surface area contributed by atoms with E-state index in [1.54, 1.807) is 42.5 Å². The van der Waals surface area contributed by atoms with E-state index in [4.69, 9.17) is 11.6 Å². The van der Waals surface area contributed by atoms with Gasteiger partial charge in [0.05, 0.1) is 11.9 Å². The lowest BCUT2D eigenvalue weighted by molar-refractivity contribution is -0.116. The van der Waals surface area contributed by atoms with Crippen LogP contribution in [0.5, 0.6) is 0 Å². The van der Waals surface area contributed by atoms with E-state index in [2.05, 4.69) is 25.9 Å². The molecule has 7 nitrogen and oxygen atoms in total. The summed E-state index contributed by atoms with van der Waals surface area (Å²) in [6.07, 6.45) is 6.12. The fourth-order valence-corrected chi connectivity index (χ4v) is 2.53. The normalized spacial score (nSPS) is 17.2. The molecule has 0 saturated carbocycles. The van der Waals surface area contributed by atoms with E-state index in [0.29, 0.717) is 22.0 Å². The Bertz CT molecular complexity index is 973. The predicted molar refractivity (Wildman–Crippen MR) is 106 cm³/mol. The van der Waals surface area contributed by atoms with E-state index in [0.717, 1.165) is 6.20 Å². The zero-order chi connectivity index (χ0) is 20.1. The van der Waals surface area contributed by atoms with Gasteiger partial charge in [0.25, 0.3) is 0 Å². The molecule has 1 aliphatic carbocycles.